The first-order valence-electron chi connectivity index (χ1n) is 6.26. The Balaban J connectivity index is 1.91. The molecule has 100 valence electrons. The average molecular weight is 269 g/mol. The van der Waals surface area contributed by atoms with Crippen LogP contribution in [0.5, 0.6) is 11.5 Å². The SMILES string of the molecule is O=c1[nH]nc(-c2ccc3c(c2)OCO3)c2c1NCC=C2. The molecular formula is C14H11N3O3. The first-order chi connectivity index (χ1) is 9.83. The highest BCUT2D eigenvalue weighted by Crippen LogP contribution is 2.37. The predicted octanol–water partition coefficient (Wildman–Crippen LogP) is 1.60. The summed E-state index contributed by atoms with van der Waals surface area (Å²) in [5, 5.41) is 9.75. The largest absolute Gasteiger partial charge is 0.454 e. The quantitative estimate of drug-likeness (QED) is 0.822. The van der Waals surface area contributed by atoms with E-state index in [9.17, 15) is 4.79 Å². The molecular weight excluding hydrogens is 258 g/mol. The number of nitrogens with zero attached hydrogens (tertiary/aromatic N) is 1. The molecule has 4 rings (SSSR count). The lowest BCUT2D eigenvalue weighted by Crippen LogP contribution is -2.20. The molecule has 6 heteroatoms. The Morgan fingerprint density at radius 2 is 2.10 bits per heavy atom. The topological polar surface area (TPSA) is 76.2 Å². The van der Waals surface area contributed by atoms with Crippen LogP contribution in [0.3, 0.4) is 0 Å². The Morgan fingerprint density at radius 3 is 3.05 bits per heavy atom. The number of hydrogen-bond donors (Lipinski definition) is 2. The van der Waals surface area contributed by atoms with E-state index in [0.29, 0.717) is 23.7 Å². The van der Waals surface area contributed by atoms with Crippen LogP contribution >= 0.6 is 0 Å². The lowest BCUT2D eigenvalue weighted by molar-refractivity contribution is 0.174. The van der Waals surface area contributed by atoms with Crippen LogP contribution in [-0.2, 0) is 0 Å². The number of aromatic nitrogens is 2. The molecule has 0 bridgehead atoms. The summed E-state index contributed by atoms with van der Waals surface area (Å²) in [5.41, 5.74) is 2.71. The number of H-pyrrole nitrogens is 1. The van der Waals surface area contributed by atoms with Crippen molar-refractivity contribution in [3.8, 4) is 22.8 Å². The summed E-state index contributed by atoms with van der Waals surface area (Å²) < 4.78 is 10.7. The molecule has 1 aromatic heterocycles. The number of anilines is 1. The van der Waals surface area contributed by atoms with Crippen molar-refractivity contribution in [3.05, 3.63) is 40.2 Å². The van der Waals surface area contributed by atoms with Gasteiger partial charge in [-0.3, -0.25) is 4.79 Å². The smallest absolute Gasteiger partial charge is 0.288 e. The van der Waals surface area contributed by atoms with Gasteiger partial charge in [0.05, 0.1) is 0 Å². The number of benzene rings is 1. The first-order valence-corrected chi connectivity index (χ1v) is 6.26. The minimum absolute atomic E-state index is 0.214. The maximum Gasteiger partial charge on any atom is 0.288 e. The highest BCUT2D eigenvalue weighted by molar-refractivity contribution is 5.82. The lowest BCUT2D eigenvalue weighted by Gasteiger charge is -2.14. The van der Waals surface area contributed by atoms with E-state index in [-0.39, 0.29) is 12.4 Å². The zero-order chi connectivity index (χ0) is 13.5. The summed E-state index contributed by atoms with van der Waals surface area (Å²) in [6, 6.07) is 5.61. The zero-order valence-corrected chi connectivity index (χ0v) is 10.5. The Kier molecular flexibility index (Phi) is 2.29. The van der Waals surface area contributed by atoms with Crippen molar-refractivity contribution >= 4 is 11.8 Å². The number of aromatic amines is 1. The van der Waals surface area contributed by atoms with E-state index >= 15 is 0 Å². The van der Waals surface area contributed by atoms with Crippen molar-refractivity contribution in [3.63, 3.8) is 0 Å². The van der Waals surface area contributed by atoms with Gasteiger partial charge in [0.15, 0.2) is 11.5 Å². The molecule has 1 aromatic carbocycles. The van der Waals surface area contributed by atoms with Crippen LogP contribution in [0, 0.1) is 0 Å². The molecule has 0 aliphatic carbocycles. The maximum absolute atomic E-state index is 11.8. The summed E-state index contributed by atoms with van der Waals surface area (Å²) in [6.07, 6.45) is 3.87. The molecule has 2 aliphatic heterocycles. The summed E-state index contributed by atoms with van der Waals surface area (Å²) in [5.74, 6) is 1.41. The molecule has 3 heterocycles. The van der Waals surface area contributed by atoms with Gasteiger partial charge in [0.25, 0.3) is 5.56 Å². The van der Waals surface area contributed by atoms with E-state index in [4.69, 9.17) is 9.47 Å². The second kappa shape index (κ2) is 4.12. The second-order valence-electron chi connectivity index (χ2n) is 4.54. The van der Waals surface area contributed by atoms with Gasteiger partial charge in [-0.2, -0.15) is 5.10 Å². The van der Waals surface area contributed by atoms with Crippen molar-refractivity contribution in [2.45, 2.75) is 0 Å². The summed E-state index contributed by atoms with van der Waals surface area (Å²) >= 11 is 0. The first kappa shape index (κ1) is 11.1. The van der Waals surface area contributed by atoms with E-state index in [0.717, 1.165) is 16.9 Å². The summed E-state index contributed by atoms with van der Waals surface area (Å²) in [4.78, 5) is 11.8. The van der Waals surface area contributed by atoms with E-state index in [1.807, 2.05) is 30.4 Å². The second-order valence-corrected chi connectivity index (χ2v) is 4.54. The zero-order valence-electron chi connectivity index (χ0n) is 10.5. The highest BCUT2D eigenvalue weighted by atomic mass is 16.7. The number of fused-ring (bicyclic) bond motifs is 2. The molecule has 2 aromatic rings. The minimum Gasteiger partial charge on any atom is -0.454 e. The molecule has 20 heavy (non-hydrogen) atoms. The van der Waals surface area contributed by atoms with E-state index < -0.39 is 0 Å². The standard InChI is InChI=1S/C14H11N3O3/c18-14-13-9(2-1-5-15-13)12(16-17-14)8-3-4-10-11(6-8)20-7-19-10/h1-4,6,15H,5,7H2,(H,17,18). The Morgan fingerprint density at radius 1 is 1.20 bits per heavy atom. The molecule has 0 amide bonds. The van der Waals surface area contributed by atoms with Gasteiger partial charge in [0.1, 0.15) is 11.4 Å². The molecule has 0 spiro atoms. The van der Waals surface area contributed by atoms with E-state index in [1.54, 1.807) is 0 Å². The fourth-order valence-corrected chi connectivity index (χ4v) is 2.40. The van der Waals surface area contributed by atoms with Crippen LogP contribution in [0.2, 0.25) is 0 Å². The number of ether oxygens (including phenoxy) is 2. The molecule has 0 radical (unpaired) electrons. The molecule has 0 atom stereocenters. The van der Waals surface area contributed by atoms with Crippen LogP contribution < -0.4 is 20.3 Å². The summed E-state index contributed by atoms with van der Waals surface area (Å²) in [6.45, 7) is 0.873. The molecule has 2 aliphatic rings. The molecule has 2 N–H and O–H groups in total. The minimum atomic E-state index is -0.214. The summed E-state index contributed by atoms with van der Waals surface area (Å²) in [7, 11) is 0. The van der Waals surface area contributed by atoms with Gasteiger partial charge in [0.2, 0.25) is 6.79 Å². The van der Waals surface area contributed by atoms with E-state index in [1.165, 1.54) is 0 Å². The van der Waals surface area contributed by atoms with Crippen LogP contribution in [0.1, 0.15) is 5.56 Å². The molecule has 6 nitrogen and oxygen atoms in total. The number of hydrogen-bond acceptors (Lipinski definition) is 5. The number of nitrogens with one attached hydrogen (secondary N) is 2. The van der Waals surface area contributed by atoms with Crippen molar-refractivity contribution in [1.29, 1.82) is 0 Å². The third-order valence-electron chi connectivity index (χ3n) is 3.35. The number of rotatable bonds is 1. The fourth-order valence-electron chi connectivity index (χ4n) is 2.40. The molecule has 0 fully saturated rings. The van der Waals surface area contributed by atoms with Crippen molar-refractivity contribution < 1.29 is 9.47 Å². The fraction of sp³-hybridized carbons (Fsp3) is 0.143. The monoisotopic (exact) mass is 269 g/mol. The predicted molar refractivity (Wildman–Crippen MR) is 73.9 cm³/mol. The van der Waals surface area contributed by atoms with Gasteiger partial charge in [-0.25, -0.2) is 5.10 Å². The van der Waals surface area contributed by atoms with Crippen LogP contribution in [0.15, 0.2) is 29.1 Å². The van der Waals surface area contributed by atoms with Crippen LogP contribution in [-0.4, -0.2) is 23.5 Å². The molecule has 0 unspecified atom stereocenters. The average Bonchev–Trinajstić information content (AvgIpc) is 2.95. The third-order valence-corrected chi connectivity index (χ3v) is 3.35. The van der Waals surface area contributed by atoms with Gasteiger partial charge in [-0.15, -0.1) is 0 Å². The normalized spacial score (nSPS) is 14.8. The Bertz CT molecular complexity index is 780. The molecule has 0 saturated heterocycles. The maximum atomic E-state index is 11.8. The lowest BCUT2D eigenvalue weighted by atomic mass is 10.0. The van der Waals surface area contributed by atoms with Crippen molar-refractivity contribution in [1.82, 2.24) is 10.2 Å². The molecule has 0 saturated carbocycles. The van der Waals surface area contributed by atoms with Crippen LogP contribution in [0.4, 0.5) is 5.69 Å². The third kappa shape index (κ3) is 1.58. The highest BCUT2D eigenvalue weighted by Gasteiger charge is 2.19. The van der Waals surface area contributed by atoms with Gasteiger partial charge in [0, 0.05) is 17.7 Å². The van der Waals surface area contributed by atoms with Crippen LogP contribution in [0.25, 0.3) is 17.3 Å². The Labute approximate surface area is 114 Å². The van der Waals surface area contributed by atoms with Crippen molar-refractivity contribution in [2.75, 3.05) is 18.7 Å². The van der Waals surface area contributed by atoms with Gasteiger partial charge in [-0.1, -0.05) is 12.2 Å². The van der Waals surface area contributed by atoms with Crippen molar-refractivity contribution in [2.24, 2.45) is 0 Å². The van der Waals surface area contributed by atoms with Gasteiger partial charge < -0.3 is 14.8 Å². The van der Waals surface area contributed by atoms with E-state index in [2.05, 4.69) is 15.5 Å². The Hall–Kier alpha value is -2.76. The van der Waals surface area contributed by atoms with Gasteiger partial charge in [-0.05, 0) is 18.2 Å². The van der Waals surface area contributed by atoms with Gasteiger partial charge >= 0.3 is 0 Å².